The van der Waals surface area contributed by atoms with Crippen molar-refractivity contribution >= 4 is 51.0 Å². The van der Waals surface area contributed by atoms with Gasteiger partial charge in [-0.3, -0.25) is 34.2 Å². The monoisotopic (exact) mass is 757 g/mol. The minimum Gasteiger partial charge on any atom is -0.369 e. The molecule has 3 aromatic heterocycles. The molecule has 0 radical (unpaired) electrons. The number of fused-ring (bicyclic) bond motifs is 4. The van der Waals surface area contributed by atoms with Gasteiger partial charge in [-0.25, -0.2) is 4.98 Å². The third-order valence-electron chi connectivity index (χ3n) is 12.1. The zero-order chi connectivity index (χ0) is 38.5. The van der Waals surface area contributed by atoms with E-state index in [9.17, 15) is 28.4 Å². The summed E-state index contributed by atoms with van der Waals surface area (Å²) in [5.74, 6) is 0.411. The predicted molar refractivity (Wildman–Crippen MR) is 207 cm³/mol. The van der Waals surface area contributed by atoms with Gasteiger partial charge in [0.2, 0.25) is 11.8 Å². The Morgan fingerprint density at radius 1 is 0.857 bits per heavy atom. The number of anilines is 2. The second kappa shape index (κ2) is 14.6. The molecule has 0 spiro atoms. The second-order valence-electron chi connectivity index (χ2n) is 15.3. The van der Waals surface area contributed by atoms with Crippen molar-refractivity contribution in [2.45, 2.75) is 51.2 Å². The number of halogens is 2. The number of rotatable bonds is 8. The molecular weight excluding hydrogens is 717 g/mol. The zero-order valence-electron chi connectivity index (χ0n) is 30.8. The first-order valence-electron chi connectivity index (χ1n) is 19.3. The van der Waals surface area contributed by atoms with Gasteiger partial charge in [0, 0.05) is 98.4 Å². The van der Waals surface area contributed by atoms with Gasteiger partial charge in [-0.1, -0.05) is 12.1 Å². The number of pyridine rings is 2. The summed E-state index contributed by atoms with van der Waals surface area (Å²) in [4.78, 5) is 54.7. The fourth-order valence-corrected chi connectivity index (χ4v) is 9.02. The highest BCUT2D eigenvalue weighted by molar-refractivity contribution is 6.09. The molecule has 0 aliphatic carbocycles. The highest BCUT2D eigenvalue weighted by atomic mass is 19.3. The maximum absolute atomic E-state index is 14.2. The predicted octanol–water partition coefficient (Wildman–Crippen LogP) is 5.71. The van der Waals surface area contributed by atoms with E-state index < -0.39 is 18.5 Å². The molecule has 1 N–H and O–H groups in total. The number of imide groups is 1. The molecule has 1 unspecified atom stereocenters. The number of carbonyl (C=O) groups excluding carboxylic acids is 3. The van der Waals surface area contributed by atoms with Crippen LogP contribution in [0.15, 0.2) is 67.1 Å². The standard InChI is InChI=1S/C42H41F2N9O3/c43-42(44)53-35-7-11-46-24-34(35)33-3-1-27(21-37(33)53)29-19-28(22-45)39(47-23-29)51-13-9-26(10-14-51)8-12-49-15-17-50(18-16-49)31-2-4-32-30(20-31)25-52(41(32)56)36-5-6-38(54)48-40(36)55/h1-4,7,11,19-21,23-24,26,36,42H,5-6,8-10,12-18,25H2,(H,48,54,55). The quantitative estimate of drug-likeness (QED) is 0.198. The van der Waals surface area contributed by atoms with Crippen molar-refractivity contribution in [3.8, 4) is 17.2 Å². The molecule has 0 saturated carbocycles. The molecule has 2 aromatic carbocycles. The summed E-state index contributed by atoms with van der Waals surface area (Å²) in [6.45, 7) is 4.01. The third-order valence-corrected chi connectivity index (χ3v) is 12.1. The summed E-state index contributed by atoms with van der Waals surface area (Å²) in [5.41, 5.74) is 5.36. The Hall–Kier alpha value is -5.94. The van der Waals surface area contributed by atoms with Crippen LogP contribution in [0.4, 0.5) is 20.3 Å². The fourth-order valence-electron chi connectivity index (χ4n) is 9.02. The molecule has 5 aromatic rings. The number of nitriles is 1. The normalized spacial score (nSPS) is 19.6. The van der Waals surface area contributed by atoms with Crippen LogP contribution in [-0.2, 0) is 16.1 Å². The van der Waals surface area contributed by atoms with Crippen LogP contribution in [0.3, 0.4) is 0 Å². The Balaban J connectivity index is 0.775. The molecule has 286 valence electrons. The van der Waals surface area contributed by atoms with Crippen LogP contribution >= 0.6 is 0 Å². The largest absolute Gasteiger partial charge is 0.369 e. The minimum absolute atomic E-state index is 0.153. The Morgan fingerprint density at radius 3 is 2.45 bits per heavy atom. The maximum atomic E-state index is 14.2. The van der Waals surface area contributed by atoms with Gasteiger partial charge in [-0.05, 0) is 85.7 Å². The van der Waals surface area contributed by atoms with Gasteiger partial charge in [0.15, 0.2) is 0 Å². The van der Waals surface area contributed by atoms with E-state index in [-0.39, 0.29) is 18.2 Å². The number of aromatic nitrogens is 3. The lowest BCUT2D eigenvalue weighted by Crippen LogP contribution is -2.52. The fraction of sp³-hybridized carbons (Fsp3) is 0.381. The Bertz CT molecular complexity index is 2410. The Morgan fingerprint density at radius 2 is 1.68 bits per heavy atom. The number of alkyl halides is 2. The summed E-state index contributed by atoms with van der Waals surface area (Å²) >= 11 is 0. The van der Waals surface area contributed by atoms with Gasteiger partial charge >= 0.3 is 6.55 Å². The lowest BCUT2D eigenvalue weighted by atomic mass is 9.93. The van der Waals surface area contributed by atoms with Crippen LogP contribution < -0.4 is 15.1 Å². The van der Waals surface area contributed by atoms with E-state index in [0.717, 1.165) is 80.9 Å². The molecule has 7 heterocycles. The number of benzene rings is 2. The van der Waals surface area contributed by atoms with E-state index >= 15 is 0 Å². The van der Waals surface area contributed by atoms with E-state index in [0.29, 0.717) is 68.8 Å². The highest BCUT2D eigenvalue weighted by Gasteiger charge is 2.39. The maximum Gasteiger partial charge on any atom is 0.319 e. The molecule has 3 saturated heterocycles. The minimum atomic E-state index is -2.71. The van der Waals surface area contributed by atoms with Crippen molar-refractivity contribution in [1.29, 1.82) is 5.26 Å². The molecule has 1 atom stereocenters. The zero-order valence-corrected chi connectivity index (χ0v) is 30.8. The number of nitrogens with one attached hydrogen (secondary N) is 1. The van der Waals surface area contributed by atoms with Crippen molar-refractivity contribution in [2.75, 3.05) is 55.6 Å². The molecule has 4 aliphatic rings. The van der Waals surface area contributed by atoms with E-state index in [1.165, 1.54) is 6.20 Å². The lowest BCUT2D eigenvalue weighted by molar-refractivity contribution is -0.136. The van der Waals surface area contributed by atoms with Gasteiger partial charge in [-0.2, -0.15) is 14.0 Å². The first-order chi connectivity index (χ1) is 27.2. The van der Waals surface area contributed by atoms with Crippen LogP contribution in [0.25, 0.3) is 32.9 Å². The van der Waals surface area contributed by atoms with Crippen molar-refractivity contribution < 1.29 is 23.2 Å². The molecule has 14 heteroatoms. The SMILES string of the molecule is N#Cc1cc(-c2ccc3c4cnccc4n(C(F)F)c3c2)cnc1N1CCC(CCN2CCN(c3ccc4c(c3)CN(C3CCC(=O)NC3=O)C4=O)CC2)CC1. The van der Waals surface area contributed by atoms with Gasteiger partial charge < -0.3 is 14.7 Å². The summed E-state index contributed by atoms with van der Waals surface area (Å²) in [6.07, 6.45) is 8.59. The highest BCUT2D eigenvalue weighted by Crippen LogP contribution is 2.37. The number of hydrogen-bond acceptors (Lipinski definition) is 9. The number of amides is 3. The van der Waals surface area contributed by atoms with Crippen LogP contribution in [0.1, 0.15) is 60.1 Å². The average Bonchev–Trinajstić information content (AvgIpc) is 3.73. The van der Waals surface area contributed by atoms with Crippen molar-refractivity contribution in [1.82, 2.24) is 29.7 Å². The lowest BCUT2D eigenvalue weighted by Gasteiger charge is -2.38. The number of nitrogens with zero attached hydrogens (tertiary/aromatic N) is 8. The van der Waals surface area contributed by atoms with Crippen LogP contribution in [0.2, 0.25) is 0 Å². The van der Waals surface area contributed by atoms with Crippen LogP contribution in [0.5, 0.6) is 0 Å². The number of piperazine rings is 1. The first-order valence-corrected chi connectivity index (χ1v) is 19.3. The van der Waals surface area contributed by atoms with Crippen molar-refractivity contribution in [3.63, 3.8) is 0 Å². The summed E-state index contributed by atoms with van der Waals surface area (Å²) in [7, 11) is 0. The van der Waals surface area contributed by atoms with E-state index in [1.807, 2.05) is 30.3 Å². The van der Waals surface area contributed by atoms with Crippen molar-refractivity contribution in [2.24, 2.45) is 5.92 Å². The molecule has 12 nitrogen and oxygen atoms in total. The number of piperidine rings is 2. The van der Waals surface area contributed by atoms with Crippen LogP contribution in [0, 0.1) is 17.2 Å². The summed E-state index contributed by atoms with van der Waals surface area (Å²) in [5, 5.41) is 13.9. The molecule has 3 fully saturated rings. The summed E-state index contributed by atoms with van der Waals surface area (Å²) in [6, 6.07) is 16.5. The van der Waals surface area contributed by atoms with E-state index in [2.05, 4.69) is 37.1 Å². The molecule has 9 rings (SSSR count). The Labute approximate surface area is 322 Å². The molecule has 3 amide bonds. The molecular formula is C42H41F2N9O3. The van der Waals surface area contributed by atoms with Gasteiger partial charge in [0.1, 0.15) is 17.9 Å². The van der Waals surface area contributed by atoms with Gasteiger partial charge in [0.25, 0.3) is 5.91 Å². The smallest absolute Gasteiger partial charge is 0.319 e. The van der Waals surface area contributed by atoms with Gasteiger partial charge in [-0.15, -0.1) is 0 Å². The number of hydrogen-bond donors (Lipinski definition) is 1. The van der Waals surface area contributed by atoms with Crippen molar-refractivity contribution in [3.05, 3.63) is 83.8 Å². The van der Waals surface area contributed by atoms with Crippen LogP contribution in [-0.4, -0.2) is 93.9 Å². The topological polar surface area (TPSA) is 131 Å². The first kappa shape index (κ1) is 35.7. The number of carbonyl (C=O) groups is 3. The third kappa shape index (κ3) is 6.49. The molecule has 0 bridgehead atoms. The second-order valence-corrected chi connectivity index (χ2v) is 15.3. The molecule has 4 aliphatic heterocycles. The van der Waals surface area contributed by atoms with E-state index in [1.54, 1.807) is 29.4 Å². The van der Waals surface area contributed by atoms with Gasteiger partial charge in [0.05, 0.1) is 16.6 Å². The average molecular weight is 758 g/mol. The Kier molecular flexibility index (Phi) is 9.33. The summed E-state index contributed by atoms with van der Waals surface area (Å²) < 4.78 is 29.4. The van der Waals surface area contributed by atoms with E-state index in [4.69, 9.17) is 4.98 Å². The molecule has 56 heavy (non-hydrogen) atoms.